The average Bonchev–Trinajstić information content (AvgIpc) is 2.50. The van der Waals surface area contributed by atoms with E-state index in [0.29, 0.717) is 5.02 Å². The molecule has 0 aliphatic heterocycles. The first-order chi connectivity index (χ1) is 9.99. The number of methoxy groups -OCH3 is 1. The Balaban J connectivity index is 2.74. The lowest BCUT2D eigenvalue weighted by molar-refractivity contribution is -0.146. The third-order valence-electron chi connectivity index (χ3n) is 3.29. The lowest BCUT2D eigenvalue weighted by atomic mass is 9.99. The van der Waals surface area contributed by atoms with Crippen LogP contribution in [-0.4, -0.2) is 25.0 Å². The minimum absolute atomic E-state index is 0.00452. The lowest BCUT2D eigenvalue weighted by Gasteiger charge is -2.20. The van der Waals surface area contributed by atoms with Crippen LogP contribution >= 0.6 is 11.6 Å². The van der Waals surface area contributed by atoms with Crippen LogP contribution in [0.4, 0.5) is 0 Å². The second kappa shape index (κ2) is 8.47. The van der Waals surface area contributed by atoms with Crippen molar-refractivity contribution in [1.29, 1.82) is 0 Å². The zero-order valence-corrected chi connectivity index (χ0v) is 13.2. The molecular formula is C16H20ClNO3. The van der Waals surface area contributed by atoms with Gasteiger partial charge in [0.1, 0.15) is 6.04 Å². The van der Waals surface area contributed by atoms with Gasteiger partial charge in [-0.25, -0.2) is 4.79 Å². The summed E-state index contributed by atoms with van der Waals surface area (Å²) in [5, 5.41) is 3.23. The summed E-state index contributed by atoms with van der Waals surface area (Å²) in [5.74, 6) is -0.801. The van der Waals surface area contributed by atoms with Gasteiger partial charge in [0.2, 0.25) is 5.91 Å². The first-order valence-electron chi connectivity index (χ1n) is 6.80. The van der Waals surface area contributed by atoms with Crippen molar-refractivity contribution < 1.29 is 14.3 Å². The fraction of sp³-hybridized carbons (Fsp3) is 0.375. The van der Waals surface area contributed by atoms with Crippen molar-refractivity contribution >= 4 is 29.6 Å². The lowest BCUT2D eigenvalue weighted by Crippen LogP contribution is -2.45. The molecule has 0 heterocycles. The molecule has 5 heteroatoms. The molecule has 0 aliphatic carbocycles. The molecule has 1 amide bonds. The van der Waals surface area contributed by atoms with E-state index < -0.39 is 12.0 Å². The predicted molar refractivity (Wildman–Crippen MR) is 83.9 cm³/mol. The molecule has 0 fully saturated rings. The van der Waals surface area contributed by atoms with Crippen molar-refractivity contribution in [3.63, 3.8) is 0 Å². The number of nitrogens with one attached hydrogen (secondary N) is 1. The zero-order valence-electron chi connectivity index (χ0n) is 12.4. The van der Waals surface area contributed by atoms with Crippen LogP contribution in [0.5, 0.6) is 0 Å². The summed E-state index contributed by atoms with van der Waals surface area (Å²) < 4.78 is 4.72. The molecule has 0 aliphatic rings. The average molecular weight is 310 g/mol. The van der Waals surface area contributed by atoms with Crippen LogP contribution in [-0.2, 0) is 14.3 Å². The van der Waals surface area contributed by atoms with Gasteiger partial charge >= 0.3 is 5.97 Å². The maximum absolute atomic E-state index is 11.9. The number of halogens is 1. The summed E-state index contributed by atoms with van der Waals surface area (Å²) in [5.41, 5.74) is 0.743. The van der Waals surface area contributed by atoms with E-state index in [4.69, 9.17) is 16.3 Å². The molecule has 1 N–H and O–H groups in total. The molecule has 0 unspecified atom stereocenters. The SMILES string of the molecule is CC[C@H](C)[C@H](NC(=O)/C=C/c1ccccc1Cl)C(=O)OC. The Morgan fingerprint density at radius 1 is 1.38 bits per heavy atom. The molecule has 4 nitrogen and oxygen atoms in total. The van der Waals surface area contributed by atoms with Gasteiger partial charge in [-0.2, -0.15) is 0 Å². The van der Waals surface area contributed by atoms with E-state index in [1.807, 2.05) is 26.0 Å². The first kappa shape index (κ1) is 17.2. The Hall–Kier alpha value is -1.81. The van der Waals surface area contributed by atoms with Gasteiger partial charge in [0.05, 0.1) is 7.11 Å². The van der Waals surface area contributed by atoms with E-state index in [9.17, 15) is 9.59 Å². The molecule has 0 aromatic heterocycles. The molecule has 1 aromatic carbocycles. The number of ether oxygens (including phenoxy) is 1. The van der Waals surface area contributed by atoms with Crippen molar-refractivity contribution in [3.05, 3.63) is 40.9 Å². The number of carbonyl (C=O) groups excluding carboxylic acids is 2. The number of esters is 1. The third-order valence-corrected chi connectivity index (χ3v) is 3.63. The van der Waals surface area contributed by atoms with E-state index in [1.54, 1.807) is 18.2 Å². The number of carbonyl (C=O) groups is 2. The van der Waals surface area contributed by atoms with Gasteiger partial charge in [-0.3, -0.25) is 4.79 Å². The maximum Gasteiger partial charge on any atom is 0.328 e. The van der Waals surface area contributed by atoms with Crippen molar-refractivity contribution in [1.82, 2.24) is 5.32 Å². The van der Waals surface area contributed by atoms with Gasteiger partial charge in [0.25, 0.3) is 0 Å². The number of hydrogen-bond acceptors (Lipinski definition) is 3. The quantitative estimate of drug-likeness (QED) is 0.649. The number of hydrogen-bond donors (Lipinski definition) is 1. The highest BCUT2D eigenvalue weighted by atomic mass is 35.5. The van der Waals surface area contributed by atoms with Crippen LogP contribution < -0.4 is 5.32 Å². The van der Waals surface area contributed by atoms with E-state index >= 15 is 0 Å². The standard InChI is InChI=1S/C16H20ClNO3/c1-4-11(2)15(16(20)21-3)18-14(19)10-9-12-7-5-6-8-13(12)17/h5-11,15H,4H2,1-3H3,(H,18,19)/b10-9+/t11-,15-/m0/s1. The highest BCUT2D eigenvalue weighted by Crippen LogP contribution is 2.16. The van der Waals surface area contributed by atoms with Crippen LogP contribution in [0, 0.1) is 5.92 Å². The minimum atomic E-state index is -0.650. The molecule has 0 spiro atoms. The molecular weight excluding hydrogens is 290 g/mol. The highest BCUT2D eigenvalue weighted by molar-refractivity contribution is 6.32. The van der Waals surface area contributed by atoms with Crippen molar-refractivity contribution in [2.75, 3.05) is 7.11 Å². The Labute approximate surface area is 130 Å². The van der Waals surface area contributed by atoms with Gasteiger partial charge in [-0.15, -0.1) is 0 Å². The fourth-order valence-corrected chi connectivity index (χ4v) is 1.97. The van der Waals surface area contributed by atoms with E-state index in [-0.39, 0.29) is 11.8 Å². The monoisotopic (exact) mass is 309 g/mol. The van der Waals surface area contributed by atoms with Gasteiger partial charge in [-0.1, -0.05) is 50.1 Å². The topological polar surface area (TPSA) is 55.4 Å². The fourth-order valence-electron chi connectivity index (χ4n) is 1.77. The molecule has 0 radical (unpaired) electrons. The summed E-state index contributed by atoms with van der Waals surface area (Å²) in [6.07, 6.45) is 3.73. The molecule has 0 bridgehead atoms. The van der Waals surface area contributed by atoms with E-state index in [2.05, 4.69) is 5.32 Å². The molecule has 114 valence electrons. The summed E-state index contributed by atoms with van der Waals surface area (Å²) in [6.45, 7) is 3.84. The normalized spacial score (nSPS) is 13.7. The maximum atomic E-state index is 11.9. The van der Waals surface area contributed by atoms with Gasteiger partial charge in [-0.05, 0) is 23.6 Å². The zero-order chi connectivity index (χ0) is 15.8. The third kappa shape index (κ3) is 5.23. The summed E-state index contributed by atoms with van der Waals surface area (Å²) in [7, 11) is 1.31. The number of benzene rings is 1. The Kier molecular flexibility index (Phi) is 6.96. The van der Waals surface area contributed by atoms with Crippen LogP contribution in [0.1, 0.15) is 25.8 Å². The largest absolute Gasteiger partial charge is 0.467 e. The van der Waals surface area contributed by atoms with Gasteiger partial charge < -0.3 is 10.1 Å². The Bertz CT molecular complexity index is 528. The van der Waals surface area contributed by atoms with Crippen LogP contribution in [0.3, 0.4) is 0 Å². The van der Waals surface area contributed by atoms with Crippen molar-refractivity contribution in [2.24, 2.45) is 5.92 Å². The summed E-state index contributed by atoms with van der Waals surface area (Å²) in [6, 6.07) is 6.55. The summed E-state index contributed by atoms with van der Waals surface area (Å²) in [4.78, 5) is 23.6. The molecule has 2 atom stereocenters. The number of rotatable bonds is 6. The minimum Gasteiger partial charge on any atom is -0.467 e. The van der Waals surface area contributed by atoms with Gasteiger partial charge in [0, 0.05) is 11.1 Å². The molecule has 0 saturated heterocycles. The highest BCUT2D eigenvalue weighted by Gasteiger charge is 2.25. The number of amides is 1. The summed E-state index contributed by atoms with van der Waals surface area (Å²) >= 11 is 6.00. The van der Waals surface area contributed by atoms with E-state index in [0.717, 1.165) is 12.0 Å². The van der Waals surface area contributed by atoms with Crippen LogP contribution in [0.2, 0.25) is 5.02 Å². The molecule has 1 aromatic rings. The van der Waals surface area contributed by atoms with Crippen LogP contribution in [0.15, 0.2) is 30.3 Å². The Morgan fingerprint density at radius 3 is 2.62 bits per heavy atom. The van der Waals surface area contributed by atoms with Crippen molar-refractivity contribution in [2.45, 2.75) is 26.3 Å². The second-order valence-electron chi connectivity index (χ2n) is 4.75. The second-order valence-corrected chi connectivity index (χ2v) is 5.16. The van der Waals surface area contributed by atoms with Crippen molar-refractivity contribution in [3.8, 4) is 0 Å². The van der Waals surface area contributed by atoms with Gasteiger partial charge in [0.15, 0.2) is 0 Å². The molecule has 1 rings (SSSR count). The first-order valence-corrected chi connectivity index (χ1v) is 7.18. The predicted octanol–water partition coefficient (Wildman–Crippen LogP) is 3.06. The van der Waals surface area contributed by atoms with Crippen LogP contribution in [0.25, 0.3) is 6.08 Å². The molecule has 21 heavy (non-hydrogen) atoms. The Morgan fingerprint density at radius 2 is 2.05 bits per heavy atom. The van der Waals surface area contributed by atoms with E-state index in [1.165, 1.54) is 13.2 Å². The smallest absolute Gasteiger partial charge is 0.328 e. The molecule has 0 saturated carbocycles.